The molecule has 0 N–H and O–H groups in total. The molecular weight excluding hydrogens is 444 g/mol. The molecule has 0 saturated carbocycles. The lowest BCUT2D eigenvalue weighted by Gasteiger charge is -2.16. The summed E-state index contributed by atoms with van der Waals surface area (Å²) in [5.41, 5.74) is 2.25. The van der Waals surface area contributed by atoms with Gasteiger partial charge < -0.3 is 19.1 Å². The van der Waals surface area contributed by atoms with Gasteiger partial charge in [-0.2, -0.15) is 0 Å². The van der Waals surface area contributed by atoms with E-state index in [4.69, 9.17) is 14.2 Å². The van der Waals surface area contributed by atoms with Gasteiger partial charge >= 0.3 is 5.97 Å². The Hall–Kier alpha value is -3.94. The number of rotatable bonds is 9. The SMILES string of the molecule is CCOC(=O)CN(C)C(=O)c1cccc(COc2ccc(-c3cc(F)c(F)cc3OC)cc2)c1. The van der Waals surface area contributed by atoms with Crippen LogP contribution in [0.1, 0.15) is 22.8 Å². The third kappa shape index (κ3) is 6.10. The van der Waals surface area contributed by atoms with Crippen LogP contribution in [-0.2, 0) is 16.1 Å². The van der Waals surface area contributed by atoms with Gasteiger partial charge in [-0.3, -0.25) is 9.59 Å². The lowest BCUT2D eigenvalue weighted by Crippen LogP contribution is -2.33. The first kappa shape index (κ1) is 24.7. The number of carbonyl (C=O) groups excluding carboxylic acids is 2. The van der Waals surface area contributed by atoms with Crippen molar-refractivity contribution in [2.45, 2.75) is 13.5 Å². The van der Waals surface area contributed by atoms with Crippen molar-refractivity contribution in [1.29, 1.82) is 0 Å². The van der Waals surface area contributed by atoms with E-state index in [1.807, 2.05) is 6.07 Å². The molecule has 1 amide bonds. The fraction of sp³-hybridized carbons (Fsp3) is 0.231. The van der Waals surface area contributed by atoms with E-state index in [-0.39, 0.29) is 31.4 Å². The van der Waals surface area contributed by atoms with Gasteiger partial charge in [0.25, 0.3) is 5.91 Å². The lowest BCUT2D eigenvalue weighted by atomic mass is 10.0. The normalized spacial score (nSPS) is 10.5. The van der Waals surface area contributed by atoms with Crippen LogP contribution in [0.2, 0.25) is 0 Å². The highest BCUT2D eigenvalue weighted by molar-refractivity contribution is 5.95. The molecule has 3 aromatic carbocycles. The summed E-state index contributed by atoms with van der Waals surface area (Å²) >= 11 is 0. The van der Waals surface area contributed by atoms with Crippen LogP contribution in [0.3, 0.4) is 0 Å². The molecule has 0 atom stereocenters. The number of hydrogen-bond acceptors (Lipinski definition) is 5. The van der Waals surface area contributed by atoms with E-state index in [1.54, 1.807) is 49.4 Å². The Kier molecular flexibility index (Phi) is 8.19. The minimum Gasteiger partial charge on any atom is -0.496 e. The van der Waals surface area contributed by atoms with Crippen LogP contribution in [-0.4, -0.2) is 44.1 Å². The Bertz CT molecular complexity index is 1160. The molecule has 3 aromatic rings. The summed E-state index contributed by atoms with van der Waals surface area (Å²) in [5, 5.41) is 0. The number of likely N-dealkylation sites (N-methyl/N-ethyl adjacent to an activating group) is 1. The van der Waals surface area contributed by atoms with Crippen molar-refractivity contribution >= 4 is 11.9 Å². The van der Waals surface area contributed by atoms with Crippen LogP contribution >= 0.6 is 0 Å². The number of esters is 1. The maximum atomic E-state index is 13.7. The second-order valence-electron chi connectivity index (χ2n) is 7.45. The molecule has 34 heavy (non-hydrogen) atoms. The molecule has 0 aromatic heterocycles. The first-order valence-electron chi connectivity index (χ1n) is 10.6. The summed E-state index contributed by atoms with van der Waals surface area (Å²) in [7, 11) is 2.92. The van der Waals surface area contributed by atoms with Crippen molar-refractivity contribution in [3.05, 3.63) is 83.4 Å². The molecule has 0 fully saturated rings. The van der Waals surface area contributed by atoms with Gasteiger partial charge in [-0.15, -0.1) is 0 Å². The number of hydrogen-bond donors (Lipinski definition) is 0. The predicted molar refractivity (Wildman–Crippen MR) is 123 cm³/mol. The molecule has 0 saturated heterocycles. The van der Waals surface area contributed by atoms with Crippen molar-refractivity contribution in [3.8, 4) is 22.6 Å². The maximum absolute atomic E-state index is 13.7. The first-order chi connectivity index (χ1) is 16.3. The first-order valence-corrected chi connectivity index (χ1v) is 10.6. The topological polar surface area (TPSA) is 65.1 Å². The Labute approximate surface area is 196 Å². The molecule has 0 aliphatic heterocycles. The van der Waals surface area contributed by atoms with E-state index in [0.29, 0.717) is 22.4 Å². The number of halogens is 2. The zero-order chi connectivity index (χ0) is 24.7. The van der Waals surface area contributed by atoms with Crippen LogP contribution in [0.15, 0.2) is 60.7 Å². The number of ether oxygens (including phenoxy) is 3. The summed E-state index contributed by atoms with van der Waals surface area (Å²) in [6, 6.07) is 15.9. The summed E-state index contributed by atoms with van der Waals surface area (Å²) in [6.45, 7) is 2.03. The van der Waals surface area contributed by atoms with Gasteiger partial charge in [0.15, 0.2) is 11.6 Å². The van der Waals surface area contributed by atoms with Gasteiger partial charge in [0.2, 0.25) is 0 Å². The van der Waals surface area contributed by atoms with Crippen molar-refractivity contribution < 1.29 is 32.6 Å². The Morgan fingerprint density at radius 1 is 0.971 bits per heavy atom. The van der Waals surface area contributed by atoms with E-state index >= 15 is 0 Å². The second-order valence-corrected chi connectivity index (χ2v) is 7.45. The molecular formula is C26H25F2NO5. The zero-order valence-electron chi connectivity index (χ0n) is 19.1. The molecule has 0 spiro atoms. The largest absolute Gasteiger partial charge is 0.496 e. The third-order valence-corrected chi connectivity index (χ3v) is 5.01. The highest BCUT2D eigenvalue weighted by Crippen LogP contribution is 2.33. The molecule has 0 bridgehead atoms. The monoisotopic (exact) mass is 469 g/mol. The van der Waals surface area contributed by atoms with Crippen molar-refractivity contribution in [3.63, 3.8) is 0 Å². The summed E-state index contributed by atoms with van der Waals surface area (Å²) in [6.07, 6.45) is 0. The van der Waals surface area contributed by atoms with E-state index in [2.05, 4.69) is 0 Å². The zero-order valence-corrected chi connectivity index (χ0v) is 19.1. The smallest absolute Gasteiger partial charge is 0.325 e. The molecule has 0 aliphatic carbocycles. The van der Waals surface area contributed by atoms with Crippen molar-refractivity contribution in [2.75, 3.05) is 27.3 Å². The quantitative estimate of drug-likeness (QED) is 0.419. The minimum absolute atomic E-state index is 0.136. The highest BCUT2D eigenvalue weighted by Gasteiger charge is 2.16. The highest BCUT2D eigenvalue weighted by atomic mass is 19.2. The number of methoxy groups -OCH3 is 1. The second kappa shape index (κ2) is 11.3. The van der Waals surface area contributed by atoms with Gasteiger partial charge in [-0.25, -0.2) is 8.78 Å². The van der Waals surface area contributed by atoms with Gasteiger partial charge in [0.05, 0.1) is 13.7 Å². The van der Waals surface area contributed by atoms with Gasteiger partial charge in [0.1, 0.15) is 24.7 Å². The predicted octanol–water partition coefficient (Wildman–Crippen LogP) is 4.85. The van der Waals surface area contributed by atoms with Crippen LogP contribution < -0.4 is 9.47 Å². The molecule has 0 aliphatic rings. The molecule has 0 unspecified atom stereocenters. The van der Waals surface area contributed by atoms with Gasteiger partial charge in [-0.1, -0.05) is 24.3 Å². The van der Waals surface area contributed by atoms with E-state index in [9.17, 15) is 18.4 Å². The average molecular weight is 469 g/mol. The molecule has 8 heteroatoms. The molecule has 6 nitrogen and oxygen atoms in total. The van der Waals surface area contributed by atoms with E-state index in [1.165, 1.54) is 19.1 Å². The van der Waals surface area contributed by atoms with Crippen LogP contribution in [0, 0.1) is 11.6 Å². The lowest BCUT2D eigenvalue weighted by molar-refractivity contribution is -0.143. The molecule has 0 heterocycles. The number of nitrogens with zero attached hydrogens (tertiary/aromatic N) is 1. The summed E-state index contributed by atoms with van der Waals surface area (Å²) in [5.74, 6) is -1.93. The Morgan fingerprint density at radius 2 is 1.68 bits per heavy atom. The maximum Gasteiger partial charge on any atom is 0.325 e. The fourth-order valence-corrected chi connectivity index (χ4v) is 3.31. The molecule has 3 rings (SSSR count). The number of carbonyl (C=O) groups is 2. The van der Waals surface area contributed by atoms with E-state index < -0.39 is 17.6 Å². The Balaban J connectivity index is 1.66. The van der Waals surface area contributed by atoms with Crippen molar-refractivity contribution in [2.24, 2.45) is 0 Å². The van der Waals surface area contributed by atoms with Crippen molar-refractivity contribution in [1.82, 2.24) is 4.90 Å². The number of amides is 1. The number of benzene rings is 3. The molecule has 178 valence electrons. The third-order valence-electron chi connectivity index (χ3n) is 5.01. The fourth-order valence-electron chi connectivity index (χ4n) is 3.31. The van der Waals surface area contributed by atoms with Crippen LogP contribution in [0.5, 0.6) is 11.5 Å². The average Bonchev–Trinajstić information content (AvgIpc) is 2.84. The van der Waals surface area contributed by atoms with Crippen LogP contribution in [0.25, 0.3) is 11.1 Å². The Morgan fingerprint density at radius 3 is 2.35 bits per heavy atom. The van der Waals surface area contributed by atoms with Crippen LogP contribution in [0.4, 0.5) is 8.78 Å². The van der Waals surface area contributed by atoms with Gasteiger partial charge in [0, 0.05) is 24.2 Å². The standard InChI is InChI=1S/C26H25F2NO5/c1-4-33-25(30)15-29(2)26(31)19-7-5-6-17(12-19)16-34-20-10-8-18(9-11-20)21-13-22(27)23(28)14-24(21)32-3/h5-14H,4,15-16H2,1-3H3. The summed E-state index contributed by atoms with van der Waals surface area (Å²) in [4.78, 5) is 25.5. The summed E-state index contributed by atoms with van der Waals surface area (Å²) < 4.78 is 43.0. The minimum atomic E-state index is -0.978. The molecule has 0 radical (unpaired) electrons. The van der Waals surface area contributed by atoms with E-state index in [0.717, 1.165) is 17.7 Å². The van der Waals surface area contributed by atoms with Gasteiger partial charge in [-0.05, 0) is 48.4 Å².